The van der Waals surface area contributed by atoms with Crippen LogP contribution in [0.5, 0.6) is 0 Å². The van der Waals surface area contributed by atoms with Crippen LogP contribution in [0.2, 0.25) is 0 Å². The van der Waals surface area contributed by atoms with Gasteiger partial charge in [-0.1, -0.05) is 12.1 Å². The summed E-state index contributed by atoms with van der Waals surface area (Å²) < 4.78 is 52.8. The standard InChI is InChI=1S/C20H20F4N6O/c21-15-3-1-13(2-4-15)7-10-25-18(31)14-8-11-29(12-9-14)17-6-5-16-26-27-19(20(22,23)24)30(16)28-17/h1-6,14H,7-12H2,(H,25,31). The molecule has 1 fully saturated rings. The van der Waals surface area contributed by atoms with E-state index in [0.29, 0.717) is 49.2 Å². The Labute approximate surface area is 175 Å². The van der Waals surface area contributed by atoms with E-state index in [1.165, 1.54) is 18.2 Å². The first-order valence-corrected chi connectivity index (χ1v) is 9.88. The van der Waals surface area contributed by atoms with E-state index < -0.39 is 12.0 Å². The number of aromatic nitrogens is 4. The van der Waals surface area contributed by atoms with Gasteiger partial charge in [-0.05, 0) is 49.1 Å². The Bertz CT molecular complexity index is 1060. The maximum absolute atomic E-state index is 13.1. The van der Waals surface area contributed by atoms with Gasteiger partial charge in [-0.15, -0.1) is 15.3 Å². The third kappa shape index (κ3) is 4.75. The SMILES string of the molecule is O=C(NCCc1ccc(F)cc1)C1CCN(c2ccc3nnc(C(F)(F)F)n3n2)CC1. The van der Waals surface area contributed by atoms with E-state index in [0.717, 1.165) is 5.56 Å². The number of nitrogens with zero attached hydrogens (tertiary/aromatic N) is 5. The Morgan fingerprint density at radius 1 is 1.06 bits per heavy atom. The lowest BCUT2D eigenvalue weighted by Crippen LogP contribution is -2.41. The second-order valence-electron chi connectivity index (χ2n) is 7.41. The summed E-state index contributed by atoms with van der Waals surface area (Å²) in [4.78, 5) is 14.3. The molecule has 1 N–H and O–H groups in total. The number of hydrogen-bond acceptors (Lipinski definition) is 5. The number of hydrogen-bond donors (Lipinski definition) is 1. The van der Waals surface area contributed by atoms with Crippen LogP contribution in [0.15, 0.2) is 36.4 Å². The molecule has 31 heavy (non-hydrogen) atoms. The van der Waals surface area contributed by atoms with Gasteiger partial charge in [0.25, 0.3) is 5.82 Å². The second-order valence-corrected chi connectivity index (χ2v) is 7.41. The molecule has 0 atom stereocenters. The molecule has 3 heterocycles. The van der Waals surface area contributed by atoms with E-state index in [4.69, 9.17) is 0 Å². The summed E-state index contributed by atoms with van der Waals surface area (Å²) in [5.41, 5.74) is 0.955. The van der Waals surface area contributed by atoms with Gasteiger partial charge in [-0.25, -0.2) is 4.39 Å². The topological polar surface area (TPSA) is 75.4 Å². The number of rotatable bonds is 5. The first-order chi connectivity index (χ1) is 14.8. The summed E-state index contributed by atoms with van der Waals surface area (Å²) in [6, 6.07) is 9.19. The molecule has 1 aliphatic rings. The third-order valence-electron chi connectivity index (χ3n) is 5.32. The minimum Gasteiger partial charge on any atom is -0.356 e. The van der Waals surface area contributed by atoms with Gasteiger partial charge in [0.1, 0.15) is 11.6 Å². The molecule has 1 aromatic carbocycles. The predicted molar refractivity (Wildman–Crippen MR) is 104 cm³/mol. The molecule has 0 spiro atoms. The zero-order valence-electron chi connectivity index (χ0n) is 16.4. The van der Waals surface area contributed by atoms with Crippen molar-refractivity contribution in [3.8, 4) is 0 Å². The summed E-state index contributed by atoms with van der Waals surface area (Å²) >= 11 is 0. The fraction of sp³-hybridized carbons (Fsp3) is 0.400. The Morgan fingerprint density at radius 3 is 2.45 bits per heavy atom. The van der Waals surface area contributed by atoms with Crippen molar-refractivity contribution in [1.29, 1.82) is 0 Å². The van der Waals surface area contributed by atoms with Gasteiger partial charge < -0.3 is 10.2 Å². The minimum atomic E-state index is -4.65. The van der Waals surface area contributed by atoms with E-state index >= 15 is 0 Å². The highest BCUT2D eigenvalue weighted by Crippen LogP contribution is 2.28. The smallest absolute Gasteiger partial charge is 0.356 e. The van der Waals surface area contributed by atoms with Gasteiger partial charge in [0.2, 0.25) is 5.91 Å². The number of amides is 1. The van der Waals surface area contributed by atoms with Gasteiger partial charge in [0, 0.05) is 25.6 Å². The highest BCUT2D eigenvalue weighted by atomic mass is 19.4. The quantitative estimate of drug-likeness (QED) is 0.623. The van der Waals surface area contributed by atoms with E-state index in [1.807, 2.05) is 4.90 Å². The van der Waals surface area contributed by atoms with Crippen molar-refractivity contribution >= 4 is 17.4 Å². The highest BCUT2D eigenvalue weighted by molar-refractivity contribution is 5.79. The summed E-state index contributed by atoms with van der Waals surface area (Å²) in [5, 5.41) is 13.6. The van der Waals surface area contributed by atoms with Crippen molar-refractivity contribution in [3.63, 3.8) is 0 Å². The third-order valence-corrected chi connectivity index (χ3v) is 5.32. The summed E-state index contributed by atoms with van der Waals surface area (Å²) in [6.07, 6.45) is -2.91. The van der Waals surface area contributed by atoms with E-state index in [9.17, 15) is 22.4 Å². The second kappa shape index (κ2) is 8.48. The first kappa shape index (κ1) is 21.0. The van der Waals surface area contributed by atoms with Crippen LogP contribution in [0.25, 0.3) is 5.65 Å². The number of carbonyl (C=O) groups is 1. The van der Waals surface area contributed by atoms with Gasteiger partial charge in [-0.3, -0.25) is 4.79 Å². The number of benzene rings is 1. The maximum Gasteiger partial charge on any atom is 0.453 e. The number of carbonyl (C=O) groups excluding carboxylic acids is 1. The Morgan fingerprint density at radius 2 is 1.77 bits per heavy atom. The molecule has 2 aromatic heterocycles. The average Bonchev–Trinajstić information content (AvgIpc) is 3.19. The van der Waals surface area contributed by atoms with Crippen LogP contribution in [0, 0.1) is 11.7 Å². The molecule has 0 unspecified atom stereocenters. The molecular weight excluding hydrogens is 416 g/mol. The number of alkyl halides is 3. The van der Waals surface area contributed by atoms with Crippen LogP contribution in [-0.2, 0) is 17.4 Å². The van der Waals surface area contributed by atoms with E-state index in [2.05, 4.69) is 20.6 Å². The Kier molecular flexibility index (Phi) is 5.75. The molecule has 3 aromatic rings. The first-order valence-electron chi connectivity index (χ1n) is 9.88. The fourth-order valence-electron chi connectivity index (χ4n) is 3.62. The normalized spacial score (nSPS) is 15.4. The number of nitrogens with one attached hydrogen (secondary N) is 1. The molecular formula is C20H20F4N6O. The summed E-state index contributed by atoms with van der Waals surface area (Å²) in [7, 11) is 0. The van der Waals surface area contributed by atoms with Gasteiger partial charge in [-0.2, -0.15) is 17.7 Å². The van der Waals surface area contributed by atoms with Gasteiger partial charge in [0.05, 0.1) is 0 Å². The minimum absolute atomic E-state index is 0.0199. The largest absolute Gasteiger partial charge is 0.453 e. The van der Waals surface area contributed by atoms with Crippen molar-refractivity contribution in [2.24, 2.45) is 5.92 Å². The monoisotopic (exact) mass is 436 g/mol. The zero-order valence-corrected chi connectivity index (χ0v) is 16.4. The number of piperidine rings is 1. The van der Waals surface area contributed by atoms with Gasteiger partial charge in [0.15, 0.2) is 5.65 Å². The Balaban J connectivity index is 1.32. The van der Waals surface area contributed by atoms with Crippen molar-refractivity contribution < 1.29 is 22.4 Å². The van der Waals surface area contributed by atoms with Gasteiger partial charge >= 0.3 is 6.18 Å². The summed E-state index contributed by atoms with van der Waals surface area (Å²) in [5.74, 6) is -1.31. The molecule has 0 bridgehead atoms. The lowest BCUT2D eigenvalue weighted by atomic mass is 9.96. The van der Waals surface area contributed by atoms with E-state index in [-0.39, 0.29) is 23.3 Å². The van der Waals surface area contributed by atoms with Crippen molar-refractivity contribution in [1.82, 2.24) is 25.1 Å². The molecule has 164 valence electrons. The molecule has 0 saturated carbocycles. The summed E-state index contributed by atoms with van der Waals surface area (Å²) in [6.45, 7) is 1.45. The van der Waals surface area contributed by atoms with Crippen molar-refractivity contribution in [2.75, 3.05) is 24.5 Å². The van der Waals surface area contributed by atoms with Crippen molar-refractivity contribution in [2.45, 2.75) is 25.4 Å². The molecule has 0 radical (unpaired) electrons. The number of anilines is 1. The lowest BCUT2D eigenvalue weighted by Gasteiger charge is -2.32. The maximum atomic E-state index is 13.1. The lowest BCUT2D eigenvalue weighted by molar-refractivity contribution is -0.146. The zero-order chi connectivity index (χ0) is 22.0. The van der Waals surface area contributed by atoms with Crippen LogP contribution in [0.3, 0.4) is 0 Å². The number of halogens is 4. The van der Waals surface area contributed by atoms with Crippen LogP contribution in [0.4, 0.5) is 23.4 Å². The fourth-order valence-corrected chi connectivity index (χ4v) is 3.62. The average molecular weight is 436 g/mol. The molecule has 0 aliphatic carbocycles. The molecule has 7 nitrogen and oxygen atoms in total. The molecule has 1 saturated heterocycles. The van der Waals surface area contributed by atoms with Crippen LogP contribution < -0.4 is 10.2 Å². The van der Waals surface area contributed by atoms with Crippen LogP contribution >= 0.6 is 0 Å². The molecule has 1 amide bonds. The molecule has 1 aliphatic heterocycles. The van der Waals surface area contributed by atoms with E-state index in [1.54, 1.807) is 18.2 Å². The number of fused-ring (bicyclic) bond motifs is 1. The van der Waals surface area contributed by atoms with Crippen LogP contribution in [0.1, 0.15) is 24.2 Å². The highest BCUT2D eigenvalue weighted by Gasteiger charge is 2.38. The van der Waals surface area contributed by atoms with Crippen LogP contribution in [-0.4, -0.2) is 45.4 Å². The molecule has 4 rings (SSSR count). The predicted octanol–water partition coefficient (Wildman–Crippen LogP) is 2.86. The van der Waals surface area contributed by atoms with Crippen molar-refractivity contribution in [3.05, 3.63) is 53.6 Å². The Hall–Kier alpha value is -3.24. The molecule has 11 heteroatoms.